The van der Waals surface area contributed by atoms with Gasteiger partial charge < -0.3 is 9.47 Å². The van der Waals surface area contributed by atoms with Gasteiger partial charge >= 0.3 is 0 Å². The van der Waals surface area contributed by atoms with Crippen molar-refractivity contribution >= 4 is 42.6 Å². The molecule has 0 spiro atoms. The highest BCUT2D eigenvalue weighted by atomic mass is 32.2. The summed E-state index contributed by atoms with van der Waals surface area (Å²) in [4.78, 5) is 24.7. The van der Waals surface area contributed by atoms with Crippen molar-refractivity contribution < 1.29 is 22.7 Å². The molecule has 0 saturated carbocycles. The highest BCUT2D eigenvalue weighted by molar-refractivity contribution is 7.89. The second kappa shape index (κ2) is 11.1. The van der Waals surface area contributed by atoms with E-state index in [9.17, 15) is 13.2 Å². The third-order valence-electron chi connectivity index (χ3n) is 7.33. The topological polar surface area (TPSA) is 102 Å². The van der Waals surface area contributed by atoms with Gasteiger partial charge in [-0.15, -0.1) is 0 Å². The molecule has 0 bridgehead atoms. The normalized spacial score (nSPS) is 17.6. The average Bonchev–Trinajstić information content (AvgIpc) is 3.41. The molecule has 2 aromatic carbocycles. The molecule has 0 aliphatic carbocycles. The number of sulfonamides is 1. The Labute approximate surface area is 237 Å². The van der Waals surface area contributed by atoms with E-state index in [-0.39, 0.29) is 23.4 Å². The van der Waals surface area contributed by atoms with Gasteiger partial charge in [-0.3, -0.25) is 14.7 Å². The number of carbonyl (C=O) groups is 1. The van der Waals surface area contributed by atoms with Crippen LogP contribution in [0.2, 0.25) is 0 Å². The van der Waals surface area contributed by atoms with Crippen LogP contribution in [0.15, 0.2) is 65.8 Å². The number of thiazole rings is 1. The van der Waals surface area contributed by atoms with Crippen LogP contribution in [-0.4, -0.2) is 54.4 Å². The van der Waals surface area contributed by atoms with Crippen LogP contribution in [0, 0.1) is 0 Å². The molecule has 1 amide bonds. The van der Waals surface area contributed by atoms with Gasteiger partial charge in [-0.2, -0.15) is 4.31 Å². The summed E-state index contributed by atoms with van der Waals surface area (Å²) in [5, 5.41) is 0.516. The first-order valence-electron chi connectivity index (χ1n) is 13.5. The summed E-state index contributed by atoms with van der Waals surface area (Å²) in [5.74, 6) is 1.01. The van der Waals surface area contributed by atoms with Gasteiger partial charge in [0.1, 0.15) is 13.2 Å². The van der Waals surface area contributed by atoms with Crippen LogP contribution in [0.1, 0.15) is 48.5 Å². The molecule has 2 aromatic heterocycles. The van der Waals surface area contributed by atoms with Crippen molar-refractivity contribution in [3.63, 3.8) is 0 Å². The first-order chi connectivity index (χ1) is 19.4. The number of nitrogens with zero attached hydrogens (tertiary/aromatic N) is 4. The van der Waals surface area contributed by atoms with E-state index in [4.69, 9.17) is 14.5 Å². The quantitative estimate of drug-likeness (QED) is 0.295. The summed E-state index contributed by atoms with van der Waals surface area (Å²) in [5.41, 5.74) is 1.93. The van der Waals surface area contributed by atoms with E-state index in [1.807, 2.05) is 31.2 Å². The Bertz CT molecular complexity index is 1580. The Morgan fingerprint density at radius 1 is 1.10 bits per heavy atom. The summed E-state index contributed by atoms with van der Waals surface area (Å²) in [6, 6.07) is 13.7. The molecule has 0 radical (unpaired) electrons. The first kappa shape index (κ1) is 26.7. The molecule has 4 heterocycles. The molecular formula is C29H30N4O5S2. The molecule has 4 aromatic rings. The Morgan fingerprint density at radius 3 is 2.60 bits per heavy atom. The van der Waals surface area contributed by atoms with Gasteiger partial charge in [0.25, 0.3) is 5.91 Å². The van der Waals surface area contributed by atoms with Crippen molar-refractivity contribution in [2.45, 2.75) is 50.1 Å². The van der Waals surface area contributed by atoms with E-state index in [1.165, 1.54) is 23.5 Å². The average molecular weight is 579 g/mol. The fourth-order valence-corrected chi connectivity index (χ4v) is 7.97. The second-order valence-electron chi connectivity index (χ2n) is 9.91. The second-order valence-corrected chi connectivity index (χ2v) is 12.8. The van der Waals surface area contributed by atoms with Crippen molar-refractivity contribution in [1.29, 1.82) is 0 Å². The number of benzene rings is 2. The fraction of sp³-hybridized carbons (Fsp3) is 0.345. The van der Waals surface area contributed by atoms with E-state index in [0.717, 1.165) is 35.9 Å². The van der Waals surface area contributed by atoms with Crippen LogP contribution in [-0.2, 0) is 16.6 Å². The van der Waals surface area contributed by atoms with E-state index in [1.54, 1.807) is 33.7 Å². The number of aromatic nitrogens is 2. The zero-order valence-corrected chi connectivity index (χ0v) is 23.8. The van der Waals surface area contributed by atoms with Gasteiger partial charge in [0, 0.05) is 42.7 Å². The van der Waals surface area contributed by atoms with E-state index in [2.05, 4.69) is 4.98 Å². The molecule has 2 aliphatic rings. The van der Waals surface area contributed by atoms with Gasteiger partial charge in [-0.05, 0) is 55.2 Å². The number of rotatable bonds is 7. The van der Waals surface area contributed by atoms with Crippen molar-refractivity contribution in [1.82, 2.24) is 14.3 Å². The maximum Gasteiger partial charge on any atom is 0.260 e. The maximum atomic E-state index is 13.9. The lowest BCUT2D eigenvalue weighted by Crippen LogP contribution is -2.43. The molecule has 1 fully saturated rings. The van der Waals surface area contributed by atoms with Crippen LogP contribution in [0.3, 0.4) is 0 Å². The lowest BCUT2D eigenvalue weighted by atomic mass is 10.0. The zero-order chi connectivity index (χ0) is 27.7. The van der Waals surface area contributed by atoms with Gasteiger partial charge in [-0.1, -0.05) is 30.7 Å². The Morgan fingerprint density at radius 2 is 1.88 bits per heavy atom. The maximum absolute atomic E-state index is 13.9. The molecule has 0 N–H and O–H groups in total. The van der Waals surface area contributed by atoms with E-state index < -0.39 is 10.0 Å². The number of fused-ring (bicyclic) bond motifs is 2. The fourth-order valence-electron chi connectivity index (χ4n) is 5.23. The monoisotopic (exact) mass is 578 g/mol. The van der Waals surface area contributed by atoms with E-state index >= 15 is 0 Å². The number of hydrogen-bond donors (Lipinski definition) is 0. The smallest absolute Gasteiger partial charge is 0.260 e. The predicted molar refractivity (Wildman–Crippen MR) is 154 cm³/mol. The summed E-state index contributed by atoms with van der Waals surface area (Å²) in [6.07, 6.45) is 6.95. The molecule has 1 atom stereocenters. The number of piperidine rings is 1. The molecule has 2 aliphatic heterocycles. The number of carbonyl (C=O) groups excluding carboxylic acids is 1. The Balaban J connectivity index is 1.32. The minimum absolute atomic E-state index is 0.00975. The number of hydrogen-bond acceptors (Lipinski definition) is 8. The molecule has 40 heavy (non-hydrogen) atoms. The molecule has 1 unspecified atom stereocenters. The van der Waals surface area contributed by atoms with Gasteiger partial charge in [0.05, 0.1) is 21.7 Å². The van der Waals surface area contributed by atoms with Crippen LogP contribution >= 0.6 is 11.3 Å². The molecular weight excluding hydrogens is 548 g/mol. The zero-order valence-electron chi connectivity index (χ0n) is 22.2. The van der Waals surface area contributed by atoms with Crippen LogP contribution in [0.25, 0.3) is 10.2 Å². The van der Waals surface area contributed by atoms with Crippen molar-refractivity contribution in [2.24, 2.45) is 0 Å². The number of pyridine rings is 1. The number of anilines is 1. The largest absolute Gasteiger partial charge is 0.486 e. The standard InChI is InChI=1S/C29H30N4O5S2/c1-2-22-7-3-4-13-33(22)40(35,36)23-10-8-21(9-11-23)28(34)32(19-20-6-5-12-30-18-20)29-31-24-16-25-26(17-27(24)39-29)38-15-14-37-25/h5-6,8-12,16-18,22H,2-4,7,13-15,19H2,1H3. The number of ether oxygens (including phenoxy) is 2. The first-order valence-corrected chi connectivity index (χ1v) is 15.7. The molecule has 208 valence electrons. The lowest BCUT2D eigenvalue weighted by molar-refractivity contribution is 0.0985. The van der Waals surface area contributed by atoms with Crippen LogP contribution in [0.4, 0.5) is 5.13 Å². The molecule has 6 rings (SSSR count). The van der Waals surface area contributed by atoms with E-state index in [0.29, 0.717) is 47.5 Å². The summed E-state index contributed by atoms with van der Waals surface area (Å²) in [6.45, 7) is 3.76. The van der Waals surface area contributed by atoms with Crippen molar-refractivity contribution in [3.8, 4) is 11.5 Å². The lowest BCUT2D eigenvalue weighted by Gasteiger charge is -2.34. The van der Waals surface area contributed by atoms with Gasteiger partial charge in [-0.25, -0.2) is 13.4 Å². The molecule has 11 heteroatoms. The predicted octanol–water partition coefficient (Wildman–Crippen LogP) is 5.26. The van der Waals surface area contributed by atoms with Crippen LogP contribution in [0.5, 0.6) is 11.5 Å². The third-order valence-corrected chi connectivity index (χ3v) is 10.3. The summed E-state index contributed by atoms with van der Waals surface area (Å²) < 4.78 is 40.8. The summed E-state index contributed by atoms with van der Waals surface area (Å²) in [7, 11) is -3.65. The highest BCUT2D eigenvalue weighted by Gasteiger charge is 2.33. The number of amides is 1. The SMILES string of the molecule is CCC1CCCCN1S(=O)(=O)c1ccc(C(=O)N(Cc2cccnc2)c2nc3cc4c(cc3s2)OCCO4)cc1. The van der Waals surface area contributed by atoms with Crippen molar-refractivity contribution in [2.75, 3.05) is 24.7 Å². The Hall–Kier alpha value is -3.54. The molecule has 1 saturated heterocycles. The van der Waals surface area contributed by atoms with Gasteiger partial charge in [0.2, 0.25) is 10.0 Å². The molecule has 9 nitrogen and oxygen atoms in total. The van der Waals surface area contributed by atoms with Crippen LogP contribution < -0.4 is 14.4 Å². The Kier molecular flexibility index (Phi) is 7.43. The van der Waals surface area contributed by atoms with Crippen molar-refractivity contribution in [3.05, 3.63) is 72.1 Å². The third kappa shape index (κ3) is 5.16. The minimum Gasteiger partial charge on any atom is -0.486 e. The van der Waals surface area contributed by atoms with Gasteiger partial charge in [0.15, 0.2) is 16.6 Å². The summed E-state index contributed by atoms with van der Waals surface area (Å²) >= 11 is 1.38. The highest BCUT2D eigenvalue weighted by Crippen LogP contribution is 2.39. The minimum atomic E-state index is -3.65.